The number of ether oxygens (including phenoxy) is 2. The molecule has 0 aliphatic heterocycles. The van der Waals surface area contributed by atoms with E-state index in [1.807, 2.05) is 48.5 Å². The second-order valence-electron chi connectivity index (χ2n) is 12.5. The molecule has 4 rings (SSSR count). The van der Waals surface area contributed by atoms with Crippen LogP contribution in [0, 0.1) is 0 Å². The fraction of sp³-hybridized carbons (Fsp3) is 0.333. The van der Waals surface area contributed by atoms with Crippen LogP contribution in [-0.4, -0.2) is 9.81 Å². The molecule has 0 bridgehead atoms. The first kappa shape index (κ1) is 29.6. The summed E-state index contributed by atoms with van der Waals surface area (Å²) in [6.45, 7) is 17.3. The van der Waals surface area contributed by atoms with Gasteiger partial charge >= 0.3 is 0 Å². The van der Waals surface area contributed by atoms with Crippen LogP contribution < -0.4 is 9.47 Å². The lowest BCUT2D eigenvalue weighted by Gasteiger charge is -2.28. The van der Waals surface area contributed by atoms with Gasteiger partial charge < -0.3 is 9.47 Å². The van der Waals surface area contributed by atoms with E-state index in [2.05, 4.69) is 104 Å². The van der Waals surface area contributed by atoms with Crippen LogP contribution >= 0.6 is 0 Å². The molecule has 1 atom stereocenters. The molecular formula is C36H42O3S. The van der Waals surface area contributed by atoms with E-state index in [-0.39, 0.29) is 16.4 Å². The first-order valence-electron chi connectivity index (χ1n) is 14.0. The highest BCUT2D eigenvalue weighted by atomic mass is 32.2. The maximum atomic E-state index is 13.1. The molecule has 0 radical (unpaired) electrons. The van der Waals surface area contributed by atoms with Crippen molar-refractivity contribution in [3.05, 3.63) is 114 Å². The van der Waals surface area contributed by atoms with Crippen LogP contribution in [0.25, 0.3) is 0 Å². The maximum absolute atomic E-state index is 13.1. The van der Waals surface area contributed by atoms with Crippen LogP contribution in [0.1, 0.15) is 78.5 Å². The smallest absolute Gasteiger partial charge is 0.127 e. The predicted octanol–water partition coefficient (Wildman–Crippen LogP) is 9.84. The minimum absolute atomic E-state index is 0.0690. The molecule has 0 saturated heterocycles. The molecule has 0 amide bonds. The van der Waals surface area contributed by atoms with Crippen LogP contribution in [0.2, 0.25) is 0 Å². The Labute approximate surface area is 243 Å². The largest absolute Gasteiger partial charge is 0.488 e. The lowest BCUT2D eigenvalue weighted by atomic mass is 9.78. The van der Waals surface area contributed by atoms with Crippen LogP contribution in [0.4, 0.5) is 0 Å². The average Bonchev–Trinajstić information content (AvgIpc) is 2.93. The van der Waals surface area contributed by atoms with Gasteiger partial charge in [-0.15, -0.1) is 0 Å². The molecule has 0 aliphatic carbocycles. The summed E-state index contributed by atoms with van der Waals surface area (Å²) in [5.74, 6) is 2.36. The van der Waals surface area contributed by atoms with Gasteiger partial charge in [0.15, 0.2) is 0 Å². The lowest BCUT2D eigenvalue weighted by Crippen LogP contribution is -2.26. The fourth-order valence-electron chi connectivity index (χ4n) is 4.42. The van der Waals surface area contributed by atoms with E-state index in [9.17, 15) is 4.21 Å². The molecule has 0 saturated carbocycles. The van der Waals surface area contributed by atoms with E-state index in [1.54, 1.807) is 0 Å². The van der Waals surface area contributed by atoms with E-state index in [0.29, 0.717) is 5.75 Å². The summed E-state index contributed by atoms with van der Waals surface area (Å²) in [6, 6.07) is 32.2. The Hall–Kier alpha value is -3.37. The van der Waals surface area contributed by atoms with Crippen molar-refractivity contribution in [1.82, 2.24) is 0 Å². The average molecular weight is 555 g/mol. The summed E-state index contributed by atoms with van der Waals surface area (Å²) >= 11 is 0. The SMILES string of the molecule is CCC(C)(C)Oc1ccc(C(C)(C)c2ccc(Oc3ccc(S(=O)c4ccc(C(C)(C)C)cc4)cc3)cc2)cc1. The lowest BCUT2D eigenvalue weighted by molar-refractivity contribution is 0.105. The number of hydrogen-bond acceptors (Lipinski definition) is 3. The van der Waals surface area contributed by atoms with Crippen molar-refractivity contribution in [2.45, 2.75) is 88.0 Å². The monoisotopic (exact) mass is 554 g/mol. The van der Waals surface area contributed by atoms with E-state index in [4.69, 9.17) is 9.47 Å². The first-order chi connectivity index (χ1) is 18.8. The molecule has 1 unspecified atom stereocenters. The van der Waals surface area contributed by atoms with E-state index >= 15 is 0 Å². The molecule has 0 heterocycles. The highest BCUT2D eigenvalue weighted by molar-refractivity contribution is 7.85. The summed E-state index contributed by atoms with van der Waals surface area (Å²) in [7, 11) is -1.24. The molecule has 210 valence electrons. The molecule has 3 nitrogen and oxygen atoms in total. The van der Waals surface area contributed by atoms with Crippen molar-refractivity contribution in [2.24, 2.45) is 0 Å². The van der Waals surface area contributed by atoms with Gasteiger partial charge in [-0.1, -0.05) is 77.9 Å². The van der Waals surface area contributed by atoms with Crippen molar-refractivity contribution in [2.75, 3.05) is 0 Å². The Morgan fingerprint density at radius 1 is 0.550 bits per heavy atom. The number of benzene rings is 4. The topological polar surface area (TPSA) is 35.5 Å². The fourth-order valence-corrected chi connectivity index (χ4v) is 5.46. The molecule has 4 heteroatoms. The Morgan fingerprint density at radius 2 is 0.925 bits per heavy atom. The zero-order valence-corrected chi connectivity index (χ0v) is 25.9. The van der Waals surface area contributed by atoms with Gasteiger partial charge in [-0.25, -0.2) is 4.21 Å². The summed E-state index contributed by atoms with van der Waals surface area (Å²) in [6.07, 6.45) is 0.949. The second-order valence-corrected chi connectivity index (χ2v) is 14.0. The van der Waals surface area contributed by atoms with E-state index in [0.717, 1.165) is 27.7 Å². The zero-order valence-electron chi connectivity index (χ0n) is 25.1. The third-order valence-electron chi connectivity index (χ3n) is 7.61. The van der Waals surface area contributed by atoms with Crippen molar-refractivity contribution in [3.8, 4) is 17.2 Å². The van der Waals surface area contributed by atoms with Crippen LogP contribution in [-0.2, 0) is 21.6 Å². The van der Waals surface area contributed by atoms with Crippen LogP contribution in [0.15, 0.2) is 107 Å². The van der Waals surface area contributed by atoms with Crippen LogP contribution in [0.3, 0.4) is 0 Å². The summed E-state index contributed by atoms with van der Waals surface area (Å²) in [4.78, 5) is 1.55. The third-order valence-corrected chi connectivity index (χ3v) is 9.01. The first-order valence-corrected chi connectivity index (χ1v) is 15.1. The Balaban J connectivity index is 1.41. The number of hydrogen-bond donors (Lipinski definition) is 0. The molecule has 40 heavy (non-hydrogen) atoms. The molecule has 0 fully saturated rings. The summed E-state index contributed by atoms with van der Waals surface area (Å²) in [5, 5.41) is 0. The minimum Gasteiger partial charge on any atom is -0.488 e. The normalized spacial score (nSPS) is 13.1. The zero-order chi connectivity index (χ0) is 29.1. The molecule has 4 aromatic rings. The van der Waals surface area contributed by atoms with Gasteiger partial charge in [-0.2, -0.15) is 0 Å². The minimum atomic E-state index is -1.24. The van der Waals surface area contributed by atoms with Gasteiger partial charge in [0.05, 0.1) is 10.8 Å². The Kier molecular flexibility index (Phi) is 8.60. The standard InChI is InChI=1S/C36H42O3S/c1-9-35(5,6)39-31-18-12-28(13-19-31)36(7,8)27-10-16-29(17-11-27)38-30-20-24-33(25-21-30)40(37)32-22-14-26(15-23-32)34(2,3)4/h10-25H,9H2,1-8H3. The van der Waals surface area contributed by atoms with Gasteiger partial charge in [0.25, 0.3) is 0 Å². The molecule has 0 spiro atoms. The van der Waals surface area contributed by atoms with Crippen molar-refractivity contribution >= 4 is 10.8 Å². The van der Waals surface area contributed by atoms with Gasteiger partial charge in [-0.05, 0) is 103 Å². The van der Waals surface area contributed by atoms with Crippen molar-refractivity contribution in [1.29, 1.82) is 0 Å². The van der Waals surface area contributed by atoms with Gasteiger partial charge in [0, 0.05) is 15.2 Å². The highest BCUT2D eigenvalue weighted by Crippen LogP contribution is 2.35. The highest BCUT2D eigenvalue weighted by Gasteiger charge is 2.24. The molecule has 4 aromatic carbocycles. The number of rotatable bonds is 9. The van der Waals surface area contributed by atoms with Gasteiger partial charge in [-0.3, -0.25) is 0 Å². The molecular weight excluding hydrogens is 512 g/mol. The second kappa shape index (κ2) is 11.6. The van der Waals surface area contributed by atoms with Gasteiger partial charge in [0.1, 0.15) is 22.8 Å². The maximum Gasteiger partial charge on any atom is 0.127 e. The molecule has 0 N–H and O–H groups in total. The van der Waals surface area contributed by atoms with Crippen molar-refractivity contribution in [3.63, 3.8) is 0 Å². The van der Waals surface area contributed by atoms with Crippen LogP contribution in [0.5, 0.6) is 17.2 Å². The van der Waals surface area contributed by atoms with E-state index < -0.39 is 10.8 Å². The quantitative estimate of drug-likeness (QED) is 0.206. The van der Waals surface area contributed by atoms with Crippen molar-refractivity contribution < 1.29 is 13.7 Å². The Morgan fingerprint density at radius 3 is 1.35 bits per heavy atom. The summed E-state index contributed by atoms with van der Waals surface area (Å²) < 4.78 is 25.3. The third kappa shape index (κ3) is 7.03. The Bertz CT molecular complexity index is 1420. The molecule has 0 aromatic heterocycles. The van der Waals surface area contributed by atoms with E-state index in [1.165, 1.54) is 16.7 Å². The van der Waals surface area contributed by atoms with Gasteiger partial charge in [0.2, 0.25) is 0 Å². The molecule has 0 aliphatic rings. The summed E-state index contributed by atoms with van der Waals surface area (Å²) in [5.41, 5.74) is 3.37. The predicted molar refractivity (Wildman–Crippen MR) is 166 cm³/mol.